The Labute approximate surface area is 107 Å². The second-order valence-corrected chi connectivity index (χ2v) is 4.74. The van der Waals surface area contributed by atoms with Gasteiger partial charge in [-0.05, 0) is 43.5 Å². The van der Waals surface area contributed by atoms with Crippen LogP contribution in [0, 0.1) is 11.6 Å². The first-order valence-corrected chi connectivity index (χ1v) is 6.66. The Morgan fingerprint density at radius 3 is 2.28 bits per heavy atom. The highest BCUT2D eigenvalue weighted by atomic mass is 19.1. The van der Waals surface area contributed by atoms with E-state index in [0.29, 0.717) is 12.1 Å². The van der Waals surface area contributed by atoms with Crippen molar-refractivity contribution in [2.45, 2.75) is 32.7 Å². The second kappa shape index (κ2) is 6.14. The molecule has 0 saturated carbocycles. The lowest BCUT2D eigenvalue weighted by atomic mass is 10.1. The van der Waals surface area contributed by atoms with E-state index < -0.39 is 11.6 Å². The van der Waals surface area contributed by atoms with Crippen molar-refractivity contribution in [2.75, 3.05) is 24.5 Å². The Kier molecular flexibility index (Phi) is 4.53. The van der Waals surface area contributed by atoms with Gasteiger partial charge in [0, 0.05) is 19.6 Å². The molecule has 0 radical (unpaired) electrons. The molecule has 0 spiro atoms. The number of benzene rings is 1. The predicted octanol–water partition coefficient (Wildman–Crippen LogP) is 3.06. The van der Waals surface area contributed by atoms with E-state index in [1.807, 2.05) is 11.8 Å². The summed E-state index contributed by atoms with van der Waals surface area (Å²) in [6.45, 7) is 4.76. The monoisotopic (exact) mass is 254 g/mol. The van der Waals surface area contributed by atoms with Gasteiger partial charge in [-0.15, -0.1) is 0 Å². The van der Waals surface area contributed by atoms with Crippen LogP contribution in [0.1, 0.15) is 31.7 Å². The molecule has 0 atom stereocenters. The Bertz CT molecular complexity index is 378. The van der Waals surface area contributed by atoms with E-state index in [4.69, 9.17) is 0 Å². The van der Waals surface area contributed by atoms with Crippen LogP contribution >= 0.6 is 0 Å². The number of hydrogen-bond acceptors (Lipinski definition) is 2. The summed E-state index contributed by atoms with van der Waals surface area (Å²) in [5, 5.41) is 3.07. The number of rotatable bonds is 4. The Morgan fingerprint density at radius 2 is 1.72 bits per heavy atom. The molecular weight excluding hydrogens is 234 g/mol. The summed E-state index contributed by atoms with van der Waals surface area (Å²) in [4.78, 5) is 1.82. The van der Waals surface area contributed by atoms with Crippen LogP contribution in [-0.4, -0.2) is 19.6 Å². The summed E-state index contributed by atoms with van der Waals surface area (Å²) in [6, 6.07) is 2.88. The van der Waals surface area contributed by atoms with Crippen LogP contribution < -0.4 is 10.2 Å². The van der Waals surface area contributed by atoms with Crippen LogP contribution in [0.2, 0.25) is 0 Å². The maximum atomic E-state index is 14.0. The fourth-order valence-electron chi connectivity index (χ4n) is 2.41. The average Bonchev–Trinajstić information content (AvgIpc) is 2.37. The average molecular weight is 254 g/mol. The number of hydrogen-bond donors (Lipinski definition) is 1. The second-order valence-electron chi connectivity index (χ2n) is 4.74. The van der Waals surface area contributed by atoms with E-state index in [1.165, 1.54) is 12.1 Å². The highest BCUT2D eigenvalue weighted by Gasteiger charge is 2.19. The normalized spacial score (nSPS) is 16.1. The van der Waals surface area contributed by atoms with Crippen LogP contribution in [0.15, 0.2) is 12.1 Å². The molecule has 0 unspecified atom stereocenters. The van der Waals surface area contributed by atoms with Gasteiger partial charge in [-0.2, -0.15) is 0 Å². The van der Waals surface area contributed by atoms with Gasteiger partial charge in [-0.1, -0.05) is 6.92 Å². The lowest BCUT2D eigenvalue weighted by Crippen LogP contribution is -2.31. The van der Waals surface area contributed by atoms with Crippen molar-refractivity contribution in [3.63, 3.8) is 0 Å². The minimum Gasteiger partial charge on any atom is -0.367 e. The fraction of sp³-hybridized carbons (Fsp3) is 0.571. The van der Waals surface area contributed by atoms with Crippen LogP contribution in [-0.2, 0) is 6.54 Å². The van der Waals surface area contributed by atoms with Gasteiger partial charge in [-0.25, -0.2) is 8.78 Å². The first-order valence-electron chi connectivity index (χ1n) is 6.66. The zero-order valence-electron chi connectivity index (χ0n) is 10.8. The molecule has 1 heterocycles. The topological polar surface area (TPSA) is 15.3 Å². The van der Waals surface area contributed by atoms with Crippen LogP contribution in [0.3, 0.4) is 0 Å². The molecule has 4 heteroatoms. The Balaban J connectivity index is 2.20. The summed E-state index contributed by atoms with van der Waals surface area (Å²) < 4.78 is 28.0. The van der Waals surface area contributed by atoms with Gasteiger partial charge in [0.1, 0.15) is 17.3 Å². The van der Waals surface area contributed by atoms with Gasteiger partial charge in [0.15, 0.2) is 0 Å². The standard InChI is InChI=1S/C14H20F2N2/c1-2-17-10-11-8-12(15)14(13(16)9-11)18-6-4-3-5-7-18/h8-9,17H,2-7,10H2,1H3. The van der Waals surface area contributed by atoms with Gasteiger partial charge in [0.25, 0.3) is 0 Å². The van der Waals surface area contributed by atoms with Gasteiger partial charge in [0.05, 0.1) is 0 Å². The zero-order chi connectivity index (χ0) is 13.0. The van der Waals surface area contributed by atoms with Crippen molar-refractivity contribution in [1.29, 1.82) is 0 Å². The van der Waals surface area contributed by atoms with E-state index in [-0.39, 0.29) is 5.69 Å². The fourth-order valence-corrected chi connectivity index (χ4v) is 2.41. The molecule has 18 heavy (non-hydrogen) atoms. The third-order valence-electron chi connectivity index (χ3n) is 3.33. The number of piperidine rings is 1. The molecule has 100 valence electrons. The molecule has 2 nitrogen and oxygen atoms in total. The summed E-state index contributed by atoms with van der Waals surface area (Å²) in [5.41, 5.74) is 0.808. The quantitative estimate of drug-likeness (QED) is 0.888. The predicted molar refractivity (Wildman–Crippen MR) is 69.8 cm³/mol. The smallest absolute Gasteiger partial charge is 0.149 e. The third kappa shape index (κ3) is 2.99. The molecule has 1 fully saturated rings. The zero-order valence-corrected chi connectivity index (χ0v) is 10.8. The van der Waals surface area contributed by atoms with Crippen molar-refractivity contribution in [3.05, 3.63) is 29.3 Å². The summed E-state index contributed by atoms with van der Waals surface area (Å²) in [7, 11) is 0. The molecule has 1 aromatic rings. The molecular formula is C14H20F2N2. The third-order valence-corrected chi connectivity index (χ3v) is 3.33. The van der Waals surface area contributed by atoms with Crippen molar-refractivity contribution in [3.8, 4) is 0 Å². The van der Waals surface area contributed by atoms with E-state index >= 15 is 0 Å². The number of nitrogens with zero attached hydrogens (tertiary/aromatic N) is 1. The maximum absolute atomic E-state index is 14.0. The first-order chi connectivity index (χ1) is 8.72. The van der Waals surface area contributed by atoms with Gasteiger partial charge >= 0.3 is 0 Å². The first kappa shape index (κ1) is 13.3. The van der Waals surface area contributed by atoms with E-state index in [0.717, 1.165) is 38.9 Å². The molecule has 1 N–H and O–H groups in total. The van der Waals surface area contributed by atoms with Crippen LogP contribution in [0.4, 0.5) is 14.5 Å². The molecule has 1 aromatic carbocycles. The molecule has 2 rings (SSSR count). The molecule has 1 aliphatic heterocycles. The van der Waals surface area contributed by atoms with Crippen LogP contribution in [0.25, 0.3) is 0 Å². The van der Waals surface area contributed by atoms with Crippen molar-refractivity contribution < 1.29 is 8.78 Å². The van der Waals surface area contributed by atoms with Crippen molar-refractivity contribution in [1.82, 2.24) is 5.32 Å². The van der Waals surface area contributed by atoms with Crippen LogP contribution in [0.5, 0.6) is 0 Å². The lowest BCUT2D eigenvalue weighted by molar-refractivity contribution is 0.528. The van der Waals surface area contributed by atoms with E-state index in [9.17, 15) is 8.78 Å². The minimum atomic E-state index is -0.440. The van der Waals surface area contributed by atoms with Gasteiger partial charge < -0.3 is 10.2 Å². The summed E-state index contributed by atoms with van der Waals surface area (Å²) in [6.07, 6.45) is 3.17. The largest absolute Gasteiger partial charge is 0.367 e. The highest BCUT2D eigenvalue weighted by molar-refractivity contribution is 5.51. The number of anilines is 1. The molecule has 1 saturated heterocycles. The molecule has 1 aliphatic rings. The Morgan fingerprint density at radius 1 is 1.11 bits per heavy atom. The molecule has 0 amide bonds. The van der Waals surface area contributed by atoms with Crippen molar-refractivity contribution in [2.24, 2.45) is 0 Å². The highest BCUT2D eigenvalue weighted by Crippen LogP contribution is 2.27. The SMILES string of the molecule is CCNCc1cc(F)c(N2CCCCC2)c(F)c1. The van der Waals surface area contributed by atoms with E-state index in [2.05, 4.69) is 5.32 Å². The van der Waals surface area contributed by atoms with Gasteiger partial charge in [-0.3, -0.25) is 0 Å². The van der Waals surface area contributed by atoms with E-state index in [1.54, 1.807) is 0 Å². The lowest BCUT2D eigenvalue weighted by Gasteiger charge is -2.29. The van der Waals surface area contributed by atoms with Crippen molar-refractivity contribution >= 4 is 5.69 Å². The minimum absolute atomic E-state index is 0.148. The maximum Gasteiger partial charge on any atom is 0.149 e. The molecule has 0 aromatic heterocycles. The summed E-state index contributed by atoms with van der Waals surface area (Å²) in [5.74, 6) is -0.880. The number of halogens is 2. The Hall–Kier alpha value is -1.16. The summed E-state index contributed by atoms with van der Waals surface area (Å²) >= 11 is 0. The molecule has 0 bridgehead atoms. The number of nitrogens with one attached hydrogen (secondary N) is 1. The molecule has 0 aliphatic carbocycles. The van der Waals surface area contributed by atoms with Gasteiger partial charge in [0.2, 0.25) is 0 Å².